The van der Waals surface area contributed by atoms with Crippen molar-refractivity contribution in [3.8, 4) is 5.75 Å². The van der Waals surface area contributed by atoms with E-state index in [1.165, 1.54) is 0 Å². The number of carbonyl (C=O) groups excluding carboxylic acids is 1. The highest BCUT2D eigenvalue weighted by Crippen LogP contribution is 2.27. The number of carbonyl (C=O) groups is 1. The predicted octanol–water partition coefficient (Wildman–Crippen LogP) is 2.93. The molecule has 0 aliphatic carbocycles. The molecule has 0 bridgehead atoms. The van der Waals surface area contributed by atoms with Gasteiger partial charge < -0.3 is 19.3 Å². The molecule has 128 valence electrons. The fourth-order valence-corrected chi connectivity index (χ4v) is 2.39. The highest BCUT2D eigenvalue weighted by Gasteiger charge is 2.27. The van der Waals surface area contributed by atoms with E-state index in [4.69, 9.17) is 9.47 Å². The van der Waals surface area contributed by atoms with Crippen LogP contribution in [0.1, 0.15) is 34.6 Å². The second kappa shape index (κ2) is 7.06. The van der Waals surface area contributed by atoms with Crippen LogP contribution in [-0.2, 0) is 4.74 Å². The molecule has 23 heavy (non-hydrogen) atoms. The molecule has 6 nitrogen and oxygen atoms in total. The zero-order chi connectivity index (χ0) is 17.0. The third kappa shape index (κ3) is 5.01. The number of hydrogen-bond donors (Lipinski definition) is 0. The summed E-state index contributed by atoms with van der Waals surface area (Å²) in [7, 11) is 0. The van der Waals surface area contributed by atoms with Crippen molar-refractivity contribution in [1.29, 1.82) is 0 Å². The summed E-state index contributed by atoms with van der Waals surface area (Å²) in [5, 5.41) is 0. The molecule has 0 atom stereocenters. The Balaban J connectivity index is 1.98. The molecule has 0 spiro atoms. The van der Waals surface area contributed by atoms with E-state index in [0.717, 1.165) is 11.6 Å². The summed E-state index contributed by atoms with van der Waals surface area (Å²) < 4.78 is 11.3. The largest absolute Gasteiger partial charge is 0.487 e. The maximum absolute atomic E-state index is 12.1. The molecule has 0 unspecified atom stereocenters. The molecule has 6 heteroatoms. The third-order valence-electron chi connectivity index (χ3n) is 3.34. The number of piperazine rings is 1. The van der Waals surface area contributed by atoms with E-state index in [0.29, 0.717) is 26.2 Å². The molecule has 1 aromatic heterocycles. The summed E-state index contributed by atoms with van der Waals surface area (Å²) in [6, 6.07) is 3.81. The topological polar surface area (TPSA) is 54.9 Å². The minimum atomic E-state index is -0.465. The van der Waals surface area contributed by atoms with Crippen LogP contribution in [0.2, 0.25) is 0 Å². The maximum atomic E-state index is 12.1. The van der Waals surface area contributed by atoms with Gasteiger partial charge in [-0.2, -0.15) is 0 Å². The van der Waals surface area contributed by atoms with Crippen LogP contribution in [0.15, 0.2) is 18.3 Å². The summed E-state index contributed by atoms with van der Waals surface area (Å²) >= 11 is 0. The van der Waals surface area contributed by atoms with E-state index < -0.39 is 5.60 Å². The zero-order valence-electron chi connectivity index (χ0n) is 14.7. The number of pyridine rings is 1. The molecule has 0 saturated carbocycles. The lowest BCUT2D eigenvalue weighted by Crippen LogP contribution is -2.50. The van der Waals surface area contributed by atoms with Crippen molar-refractivity contribution in [3.05, 3.63) is 18.3 Å². The molecule has 1 amide bonds. The van der Waals surface area contributed by atoms with Gasteiger partial charge in [0.25, 0.3) is 0 Å². The molecule has 0 radical (unpaired) electrons. The van der Waals surface area contributed by atoms with Crippen LogP contribution < -0.4 is 9.64 Å². The Morgan fingerprint density at radius 2 is 1.87 bits per heavy atom. The van der Waals surface area contributed by atoms with Gasteiger partial charge in [0, 0.05) is 32.4 Å². The molecule has 1 fully saturated rings. The van der Waals surface area contributed by atoms with Gasteiger partial charge in [-0.1, -0.05) is 0 Å². The molecule has 0 aromatic carbocycles. The van der Waals surface area contributed by atoms with Gasteiger partial charge in [0.2, 0.25) is 0 Å². The van der Waals surface area contributed by atoms with Crippen LogP contribution in [0.5, 0.6) is 5.75 Å². The Labute approximate surface area is 138 Å². The summed E-state index contributed by atoms with van der Waals surface area (Å²) in [4.78, 5) is 20.5. The summed E-state index contributed by atoms with van der Waals surface area (Å²) in [5.74, 6) is 1.62. The Morgan fingerprint density at radius 3 is 2.43 bits per heavy atom. The van der Waals surface area contributed by atoms with E-state index in [-0.39, 0.29) is 12.2 Å². The average Bonchev–Trinajstić information content (AvgIpc) is 2.45. The Kier molecular flexibility index (Phi) is 5.34. The minimum absolute atomic E-state index is 0.0982. The Hall–Kier alpha value is -1.98. The molecule has 1 aliphatic heterocycles. The number of nitrogens with zero attached hydrogens (tertiary/aromatic N) is 3. The van der Waals surface area contributed by atoms with E-state index >= 15 is 0 Å². The van der Waals surface area contributed by atoms with Crippen LogP contribution in [0.3, 0.4) is 0 Å². The first kappa shape index (κ1) is 17.4. The average molecular weight is 321 g/mol. The highest BCUT2D eigenvalue weighted by molar-refractivity contribution is 5.68. The molecule has 1 aliphatic rings. The predicted molar refractivity (Wildman–Crippen MR) is 90.0 cm³/mol. The van der Waals surface area contributed by atoms with Crippen LogP contribution in [0, 0.1) is 0 Å². The first-order chi connectivity index (χ1) is 10.8. The maximum Gasteiger partial charge on any atom is 0.410 e. The lowest BCUT2D eigenvalue weighted by molar-refractivity contribution is 0.0240. The number of amides is 1. The van der Waals surface area contributed by atoms with Crippen LogP contribution in [0.4, 0.5) is 10.6 Å². The van der Waals surface area contributed by atoms with Crippen molar-refractivity contribution in [2.45, 2.75) is 46.3 Å². The van der Waals surface area contributed by atoms with Crippen molar-refractivity contribution < 1.29 is 14.3 Å². The third-order valence-corrected chi connectivity index (χ3v) is 3.34. The normalized spacial score (nSPS) is 15.7. The Morgan fingerprint density at radius 1 is 1.22 bits per heavy atom. The number of hydrogen-bond acceptors (Lipinski definition) is 5. The molecule has 1 aromatic rings. The van der Waals surface area contributed by atoms with Gasteiger partial charge in [-0.3, -0.25) is 0 Å². The molecule has 2 rings (SSSR count). The molecular formula is C17H27N3O3. The summed E-state index contributed by atoms with van der Waals surface area (Å²) in [5.41, 5.74) is -0.465. The number of ether oxygens (including phenoxy) is 2. The van der Waals surface area contributed by atoms with Crippen molar-refractivity contribution in [2.24, 2.45) is 0 Å². The first-order valence-electron chi connectivity index (χ1n) is 8.11. The monoisotopic (exact) mass is 321 g/mol. The van der Waals surface area contributed by atoms with Gasteiger partial charge in [0.1, 0.15) is 5.60 Å². The van der Waals surface area contributed by atoms with Gasteiger partial charge in [-0.15, -0.1) is 0 Å². The van der Waals surface area contributed by atoms with E-state index in [1.807, 2.05) is 46.8 Å². The second-order valence-corrected chi connectivity index (χ2v) is 6.95. The smallest absolute Gasteiger partial charge is 0.410 e. The summed E-state index contributed by atoms with van der Waals surface area (Å²) in [6.07, 6.45) is 1.61. The SMILES string of the molecule is CC(C)Oc1cccnc1N1CCN(C(=O)OC(C)(C)C)CC1. The molecule has 0 N–H and O–H groups in total. The van der Waals surface area contributed by atoms with E-state index in [9.17, 15) is 4.79 Å². The number of rotatable bonds is 3. The fourth-order valence-electron chi connectivity index (χ4n) is 2.39. The van der Waals surface area contributed by atoms with Crippen LogP contribution in [0.25, 0.3) is 0 Å². The van der Waals surface area contributed by atoms with Crippen LogP contribution in [-0.4, -0.2) is 53.9 Å². The van der Waals surface area contributed by atoms with Crippen molar-refractivity contribution >= 4 is 11.9 Å². The first-order valence-corrected chi connectivity index (χ1v) is 8.11. The van der Waals surface area contributed by atoms with Gasteiger partial charge >= 0.3 is 6.09 Å². The van der Waals surface area contributed by atoms with E-state index in [1.54, 1.807) is 11.1 Å². The fraction of sp³-hybridized carbons (Fsp3) is 0.647. The lowest BCUT2D eigenvalue weighted by atomic mass is 10.2. The van der Waals surface area contributed by atoms with Crippen molar-refractivity contribution in [1.82, 2.24) is 9.88 Å². The van der Waals surface area contributed by atoms with Crippen molar-refractivity contribution in [3.63, 3.8) is 0 Å². The quantitative estimate of drug-likeness (QED) is 0.857. The van der Waals surface area contributed by atoms with Crippen molar-refractivity contribution in [2.75, 3.05) is 31.1 Å². The highest BCUT2D eigenvalue weighted by atomic mass is 16.6. The molecular weight excluding hydrogens is 294 g/mol. The molecule has 2 heterocycles. The summed E-state index contributed by atoms with van der Waals surface area (Å²) in [6.45, 7) is 12.3. The van der Waals surface area contributed by atoms with Gasteiger partial charge in [0.05, 0.1) is 6.10 Å². The number of anilines is 1. The zero-order valence-corrected chi connectivity index (χ0v) is 14.7. The lowest BCUT2D eigenvalue weighted by Gasteiger charge is -2.36. The van der Waals surface area contributed by atoms with Gasteiger partial charge in [0.15, 0.2) is 11.6 Å². The molecule has 1 saturated heterocycles. The second-order valence-electron chi connectivity index (χ2n) is 6.95. The standard InChI is InChI=1S/C17H27N3O3/c1-13(2)22-14-7-6-8-18-15(14)19-9-11-20(12-10-19)16(21)23-17(3,4)5/h6-8,13H,9-12H2,1-5H3. The number of aromatic nitrogens is 1. The van der Waals surface area contributed by atoms with E-state index in [2.05, 4.69) is 9.88 Å². The van der Waals surface area contributed by atoms with Crippen LogP contribution >= 0.6 is 0 Å². The van der Waals surface area contributed by atoms with Gasteiger partial charge in [-0.25, -0.2) is 9.78 Å². The Bertz CT molecular complexity index is 532. The van der Waals surface area contributed by atoms with Gasteiger partial charge in [-0.05, 0) is 46.8 Å². The minimum Gasteiger partial charge on any atom is -0.487 e.